The first kappa shape index (κ1) is 28.9. The summed E-state index contributed by atoms with van der Waals surface area (Å²) in [5, 5.41) is 13.1. The number of ether oxygens (including phenoxy) is 1. The molecule has 0 bridgehead atoms. The Morgan fingerprint density at radius 2 is 1.88 bits per heavy atom. The number of anilines is 1. The molecule has 3 aromatic rings. The number of alkyl halides is 1. The molecule has 2 atom stereocenters. The van der Waals surface area contributed by atoms with Gasteiger partial charge in [0.15, 0.2) is 0 Å². The highest BCUT2D eigenvalue weighted by atomic mass is 35.5. The van der Waals surface area contributed by atoms with Gasteiger partial charge in [-0.25, -0.2) is 8.78 Å². The number of nitrogens with zero attached hydrogens (tertiary/aromatic N) is 2. The third kappa shape index (κ3) is 6.82. The first-order valence-corrected chi connectivity index (χ1v) is 14.0. The van der Waals surface area contributed by atoms with E-state index in [1.54, 1.807) is 30.3 Å². The van der Waals surface area contributed by atoms with Crippen molar-refractivity contribution >= 4 is 45.8 Å². The highest BCUT2D eigenvalue weighted by Gasteiger charge is 2.36. The number of rotatable bonds is 8. The van der Waals surface area contributed by atoms with Gasteiger partial charge in [0.25, 0.3) is 5.91 Å². The molecule has 0 unspecified atom stereocenters. The number of benzene rings is 2. The van der Waals surface area contributed by atoms with E-state index in [4.69, 9.17) is 21.4 Å². The van der Waals surface area contributed by atoms with Crippen LogP contribution in [0.4, 0.5) is 14.5 Å². The quantitative estimate of drug-likeness (QED) is 0.365. The van der Waals surface area contributed by atoms with Crippen molar-refractivity contribution in [2.24, 2.45) is 5.92 Å². The summed E-state index contributed by atoms with van der Waals surface area (Å²) >= 11 is 6.43. The molecule has 2 fully saturated rings. The molecule has 2 aromatic carbocycles. The third-order valence-corrected chi connectivity index (χ3v) is 8.12. The topological polar surface area (TPSA) is 109 Å². The summed E-state index contributed by atoms with van der Waals surface area (Å²) in [7, 11) is 0. The summed E-state index contributed by atoms with van der Waals surface area (Å²) in [4.78, 5) is 42.8. The van der Waals surface area contributed by atoms with Crippen LogP contribution in [0.1, 0.15) is 48.2 Å². The van der Waals surface area contributed by atoms with Gasteiger partial charge in [0.1, 0.15) is 17.7 Å². The number of carboxylic acid groups (broad SMARTS) is 1. The number of nitrogens with one attached hydrogen (secondary N) is 1. The van der Waals surface area contributed by atoms with Gasteiger partial charge >= 0.3 is 5.97 Å². The van der Waals surface area contributed by atoms with Gasteiger partial charge < -0.3 is 20.1 Å². The molecule has 1 aliphatic heterocycles. The zero-order valence-electron chi connectivity index (χ0n) is 22.2. The molecule has 2 aliphatic rings. The Morgan fingerprint density at radius 1 is 1.10 bits per heavy atom. The predicted molar refractivity (Wildman–Crippen MR) is 149 cm³/mol. The SMILES string of the molecule is O=C(Nc1ccc(CC(=O)N2C[C@@H](F)C[C@H]2CO[C@H]2CC[C@H](C(=O)O)CC2)cc1Cl)c1nccc2ccc(F)cc12. The summed E-state index contributed by atoms with van der Waals surface area (Å²) < 4.78 is 34.1. The summed E-state index contributed by atoms with van der Waals surface area (Å²) in [6.45, 7) is 0.186. The zero-order chi connectivity index (χ0) is 29.1. The van der Waals surface area contributed by atoms with Gasteiger partial charge in [0.05, 0.1) is 48.3 Å². The highest BCUT2D eigenvalue weighted by Crippen LogP contribution is 2.29. The second kappa shape index (κ2) is 12.5. The van der Waals surface area contributed by atoms with Crippen LogP contribution in [0.5, 0.6) is 0 Å². The van der Waals surface area contributed by atoms with E-state index in [0.29, 0.717) is 47.7 Å². The summed E-state index contributed by atoms with van der Waals surface area (Å²) in [6.07, 6.45) is 2.77. The standard InChI is InChI=1S/C30H30ClF2N3O5/c31-25-11-17(1-8-26(25)35-29(38)28-24-14-20(32)5-2-18(24)9-10-34-28)12-27(37)36-15-21(33)13-22(36)16-41-23-6-3-19(4-7-23)30(39)40/h1-2,5,8-11,14,19,21-23H,3-4,6-7,12-13,15-16H2,(H,35,38)(H,39,40)/t19-,21-,22-,23-/m0/s1. The van der Waals surface area contributed by atoms with Gasteiger partial charge in [0.2, 0.25) is 5.91 Å². The van der Waals surface area contributed by atoms with E-state index in [1.165, 1.54) is 23.2 Å². The monoisotopic (exact) mass is 585 g/mol. The molecule has 0 radical (unpaired) electrons. The Kier molecular flexibility index (Phi) is 8.79. The normalized spacial score (nSPS) is 22.6. The van der Waals surface area contributed by atoms with E-state index in [-0.39, 0.29) is 54.6 Å². The number of carboxylic acids is 1. The van der Waals surface area contributed by atoms with Crippen LogP contribution in [0.2, 0.25) is 5.02 Å². The van der Waals surface area contributed by atoms with Crippen LogP contribution in [-0.4, -0.2) is 64.2 Å². The maximum Gasteiger partial charge on any atom is 0.306 e. The van der Waals surface area contributed by atoms with Crippen molar-refractivity contribution < 1.29 is 33.0 Å². The lowest BCUT2D eigenvalue weighted by atomic mass is 9.87. The predicted octanol–water partition coefficient (Wildman–Crippen LogP) is 5.42. The summed E-state index contributed by atoms with van der Waals surface area (Å²) in [5.41, 5.74) is 0.949. The number of carbonyl (C=O) groups excluding carboxylic acids is 2. The molecule has 11 heteroatoms. The first-order chi connectivity index (χ1) is 19.7. The number of hydrogen-bond acceptors (Lipinski definition) is 5. The molecular weight excluding hydrogens is 556 g/mol. The fraction of sp³-hybridized carbons (Fsp3) is 0.400. The van der Waals surface area contributed by atoms with Gasteiger partial charge in [-0.05, 0) is 67.0 Å². The molecule has 2 amide bonds. The zero-order valence-corrected chi connectivity index (χ0v) is 22.9. The molecule has 41 heavy (non-hydrogen) atoms. The van der Waals surface area contributed by atoms with Gasteiger partial charge in [0, 0.05) is 18.0 Å². The number of likely N-dealkylation sites (tertiary alicyclic amines) is 1. The fourth-order valence-corrected chi connectivity index (χ4v) is 5.85. The average molecular weight is 586 g/mol. The number of carbonyl (C=O) groups is 3. The highest BCUT2D eigenvalue weighted by molar-refractivity contribution is 6.34. The molecule has 8 nitrogen and oxygen atoms in total. The van der Waals surface area contributed by atoms with Crippen LogP contribution in [0.15, 0.2) is 48.7 Å². The number of fused-ring (bicyclic) bond motifs is 1. The lowest BCUT2D eigenvalue weighted by molar-refractivity contribution is -0.144. The first-order valence-electron chi connectivity index (χ1n) is 13.6. The van der Waals surface area contributed by atoms with E-state index < -0.39 is 29.9 Å². The van der Waals surface area contributed by atoms with Crippen LogP contribution in [-0.2, 0) is 20.7 Å². The number of aliphatic carboxylic acids is 1. The molecule has 1 aromatic heterocycles. The molecule has 1 saturated heterocycles. The second-order valence-corrected chi connectivity index (χ2v) is 11.1. The number of aromatic nitrogens is 1. The Bertz CT molecular complexity index is 1460. The van der Waals surface area contributed by atoms with E-state index in [1.807, 2.05) is 0 Å². The van der Waals surface area contributed by atoms with Crippen LogP contribution >= 0.6 is 11.6 Å². The molecule has 216 valence electrons. The molecule has 0 spiro atoms. The molecule has 1 saturated carbocycles. The second-order valence-electron chi connectivity index (χ2n) is 10.6. The number of halogens is 3. The van der Waals surface area contributed by atoms with E-state index >= 15 is 0 Å². The maximum atomic E-state index is 14.3. The van der Waals surface area contributed by atoms with Crippen molar-refractivity contribution in [3.63, 3.8) is 0 Å². The molecule has 2 N–H and O–H groups in total. The van der Waals surface area contributed by atoms with Crippen LogP contribution in [0, 0.1) is 11.7 Å². The fourth-order valence-electron chi connectivity index (χ4n) is 5.60. The van der Waals surface area contributed by atoms with Crippen molar-refractivity contribution in [1.29, 1.82) is 0 Å². The Balaban J connectivity index is 1.19. The maximum absolute atomic E-state index is 14.3. The van der Waals surface area contributed by atoms with E-state index in [2.05, 4.69) is 10.3 Å². The Labute approximate surface area is 240 Å². The molecule has 1 aliphatic carbocycles. The third-order valence-electron chi connectivity index (χ3n) is 7.81. The van der Waals surface area contributed by atoms with Gasteiger partial charge in [-0.2, -0.15) is 0 Å². The lowest BCUT2D eigenvalue weighted by Gasteiger charge is -2.29. The van der Waals surface area contributed by atoms with E-state index in [0.717, 1.165) is 0 Å². The van der Waals surface area contributed by atoms with Crippen molar-refractivity contribution in [2.45, 2.75) is 56.8 Å². The van der Waals surface area contributed by atoms with Crippen molar-refractivity contribution in [2.75, 3.05) is 18.5 Å². The molecule has 2 heterocycles. The summed E-state index contributed by atoms with van der Waals surface area (Å²) in [6, 6.07) is 10.2. The lowest BCUT2D eigenvalue weighted by Crippen LogP contribution is -2.40. The summed E-state index contributed by atoms with van der Waals surface area (Å²) in [5.74, 6) is -2.44. The minimum Gasteiger partial charge on any atom is -0.481 e. The number of amides is 2. The van der Waals surface area contributed by atoms with Crippen LogP contribution < -0.4 is 5.32 Å². The molecular formula is C30H30ClF2N3O5. The number of pyridine rings is 1. The number of hydrogen-bond donors (Lipinski definition) is 2. The van der Waals surface area contributed by atoms with Crippen molar-refractivity contribution in [3.05, 3.63) is 70.8 Å². The molecule has 5 rings (SSSR count). The van der Waals surface area contributed by atoms with Crippen molar-refractivity contribution in [1.82, 2.24) is 9.88 Å². The minimum atomic E-state index is -1.15. The Hall–Kier alpha value is -3.63. The van der Waals surface area contributed by atoms with Gasteiger partial charge in [-0.15, -0.1) is 0 Å². The average Bonchev–Trinajstić information content (AvgIpc) is 3.33. The van der Waals surface area contributed by atoms with Gasteiger partial charge in [-0.3, -0.25) is 19.4 Å². The Morgan fingerprint density at radius 3 is 2.61 bits per heavy atom. The van der Waals surface area contributed by atoms with E-state index in [9.17, 15) is 23.2 Å². The minimum absolute atomic E-state index is 0.00889. The van der Waals surface area contributed by atoms with Crippen LogP contribution in [0.3, 0.4) is 0 Å². The smallest absolute Gasteiger partial charge is 0.306 e. The van der Waals surface area contributed by atoms with Crippen molar-refractivity contribution in [3.8, 4) is 0 Å². The largest absolute Gasteiger partial charge is 0.481 e. The van der Waals surface area contributed by atoms with Crippen LogP contribution in [0.25, 0.3) is 10.8 Å². The van der Waals surface area contributed by atoms with Gasteiger partial charge in [-0.1, -0.05) is 23.7 Å².